The van der Waals surface area contributed by atoms with Crippen molar-refractivity contribution in [1.29, 1.82) is 0 Å². The third-order valence-electron chi connectivity index (χ3n) is 3.61. The van der Waals surface area contributed by atoms with Crippen molar-refractivity contribution in [2.75, 3.05) is 18.5 Å². The summed E-state index contributed by atoms with van der Waals surface area (Å²) in [6.45, 7) is 2.78. The molecule has 0 amide bonds. The number of pyridine rings is 1. The van der Waals surface area contributed by atoms with Crippen LogP contribution in [-0.4, -0.2) is 54.0 Å². The Morgan fingerprint density at radius 3 is 2.91 bits per heavy atom. The van der Waals surface area contributed by atoms with Crippen molar-refractivity contribution >= 4 is 16.7 Å². The molecule has 0 spiro atoms. The van der Waals surface area contributed by atoms with Crippen LogP contribution in [0.2, 0.25) is 0 Å². The Labute approximate surface area is 133 Å². The number of nitrogens with zero attached hydrogens (tertiary/aromatic N) is 5. The van der Waals surface area contributed by atoms with E-state index in [1.54, 1.807) is 23.3 Å². The number of rotatable bonds is 6. The van der Waals surface area contributed by atoms with Crippen LogP contribution < -0.4 is 5.32 Å². The van der Waals surface area contributed by atoms with Crippen molar-refractivity contribution in [3.05, 3.63) is 24.7 Å². The molecule has 0 radical (unpaired) electrons. The highest BCUT2D eigenvalue weighted by atomic mass is 16.3. The van der Waals surface area contributed by atoms with Crippen LogP contribution in [0.25, 0.3) is 22.2 Å². The van der Waals surface area contributed by atoms with Crippen molar-refractivity contribution in [3.63, 3.8) is 0 Å². The second kappa shape index (κ2) is 6.35. The number of aryl methyl sites for hydroxylation is 1. The third kappa shape index (κ3) is 3.03. The van der Waals surface area contributed by atoms with Gasteiger partial charge in [-0.2, -0.15) is 10.2 Å². The van der Waals surface area contributed by atoms with E-state index >= 15 is 0 Å². The molecule has 0 fully saturated rings. The van der Waals surface area contributed by atoms with E-state index in [0.717, 1.165) is 34.5 Å². The van der Waals surface area contributed by atoms with Crippen LogP contribution in [0, 0.1) is 0 Å². The topological polar surface area (TPSA) is 101 Å². The van der Waals surface area contributed by atoms with Crippen LogP contribution in [0.4, 0.5) is 5.82 Å². The number of aliphatic hydroxyl groups excluding tert-OH is 2. The summed E-state index contributed by atoms with van der Waals surface area (Å²) in [5.41, 5.74) is 2.62. The highest BCUT2D eigenvalue weighted by Gasteiger charge is 2.14. The molecule has 3 rings (SSSR count). The summed E-state index contributed by atoms with van der Waals surface area (Å²) < 4.78 is 3.41. The molecule has 0 saturated carbocycles. The lowest BCUT2D eigenvalue weighted by Crippen LogP contribution is -2.19. The maximum Gasteiger partial charge on any atom is 0.128 e. The van der Waals surface area contributed by atoms with Crippen molar-refractivity contribution in [3.8, 4) is 11.3 Å². The third-order valence-corrected chi connectivity index (χ3v) is 3.61. The molecule has 0 aliphatic rings. The molecule has 0 bridgehead atoms. The van der Waals surface area contributed by atoms with E-state index < -0.39 is 6.10 Å². The highest BCUT2D eigenvalue weighted by molar-refractivity contribution is 5.93. The number of aromatic nitrogens is 5. The molecule has 3 N–H and O–H groups in total. The van der Waals surface area contributed by atoms with Gasteiger partial charge in [-0.25, -0.2) is 4.98 Å². The van der Waals surface area contributed by atoms with Gasteiger partial charge in [0, 0.05) is 43.0 Å². The van der Waals surface area contributed by atoms with Crippen LogP contribution in [0.15, 0.2) is 24.7 Å². The van der Waals surface area contributed by atoms with E-state index in [0.29, 0.717) is 0 Å². The summed E-state index contributed by atoms with van der Waals surface area (Å²) in [5.74, 6) is 0.816. The van der Waals surface area contributed by atoms with Gasteiger partial charge in [-0.3, -0.25) is 9.36 Å². The number of fused-ring (bicyclic) bond motifs is 1. The molecular weight excluding hydrogens is 296 g/mol. The van der Waals surface area contributed by atoms with E-state index in [9.17, 15) is 5.11 Å². The molecule has 1 atom stereocenters. The maximum atomic E-state index is 9.50. The fraction of sp³-hybridized carbons (Fsp3) is 0.400. The molecular formula is C15H20N6O2. The predicted molar refractivity (Wildman–Crippen MR) is 87.0 cm³/mol. The van der Waals surface area contributed by atoms with E-state index in [2.05, 4.69) is 20.5 Å². The van der Waals surface area contributed by atoms with Crippen molar-refractivity contribution in [2.24, 2.45) is 7.05 Å². The zero-order valence-corrected chi connectivity index (χ0v) is 13.1. The standard InChI is InChI=1S/C15H20N6O2/c1-3-16-14-4-13-12(6-17-14)15(19-20(13)2)10-5-18-21(7-10)8-11(23)9-22/h4-7,11,22-23H,3,8-9H2,1-2H3,(H,16,17)/t11-/m0/s1. The van der Waals surface area contributed by atoms with Crippen molar-refractivity contribution in [2.45, 2.75) is 19.6 Å². The average molecular weight is 316 g/mol. The van der Waals surface area contributed by atoms with Gasteiger partial charge >= 0.3 is 0 Å². The molecule has 0 aromatic carbocycles. The van der Waals surface area contributed by atoms with Crippen LogP contribution in [0.1, 0.15) is 6.92 Å². The number of anilines is 1. The number of aliphatic hydroxyl groups is 2. The van der Waals surface area contributed by atoms with E-state index in [1.807, 2.05) is 24.7 Å². The lowest BCUT2D eigenvalue weighted by Gasteiger charge is -2.05. The lowest BCUT2D eigenvalue weighted by atomic mass is 10.2. The molecule has 0 aliphatic heterocycles. The Kier molecular flexibility index (Phi) is 4.26. The molecule has 8 nitrogen and oxygen atoms in total. The number of nitrogens with one attached hydrogen (secondary N) is 1. The monoisotopic (exact) mass is 316 g/mol. The summed E-state index contributed by atoms with van der Waals surface area (Å²) in [6, 6.07) is 1.97. The lowest BCUT2D eigenvalue weighted by molar-refractivity contribution is 0.0783. The van der Waals surface area contributed by atoms with E-state index in [1.165, 1.54) is 0 Å². The maximum absolute atomic E-state index is 9.50. The molecule has 8 heteroatoms. The molecule has 3 heterocycles. The van der Waals surface area contributed by atoms with Crippen LogP contribution in [0.3, 0.4) is 0 Å². The summed E-state index contributed by atoms with van der Waals surface area (Å²) in [7, 11) is 1.89. The fourth-order valence-corrected chi connectivity index (χ4v) is 2.50. The number of hydrogen-bond donors (Lipinski definition) is 3. The largest absolute Gasteiger partial charge is 0.394 e. The van der Waals surface area contributed by atoms with Gasteiger partial charge in [0.25, 0.3) is 0 Å². The Balaban J connectivity index is 1.97. The van der Waals surface area contributed by atoms with Gasteiger partial charge in [0.05, 0.1) is 31.0 Å². The Morgan fingerprint density at radius 2 is 2.17 bits per heavy atom. The van der Waals surface area contributed by atoms with Gasteiger partial charge in [0.15, 0.2) is 0 Å². The van der Waals surface area contributed by atoms with Gasteiger partial charge in [0.1, 0.15) is 11.5 Å². The SMILES string of the molecule is CCNc1cc2c(cn1)c(-c1cnn(C[C@H](O)CO)c1)nn2C. The fourth-order valence-electron chi connectivity index (χ4n) is 2.50. The smallest absolute Gasteiger partial charge is 0.128 e. The normalized spacial score (nSPS) is 12.7. The molecule has 0 saturated heterocycles. The first-order valence-electron chi connectivity index (χ1n) is 7.50. The van der Waals surface area contributed by atoms with Gasteiger partial charge in [-0.05, 0) is 6.92 Å². The van der Waals surface area contributed by atoms with Crippen LogP contribution in [-0.2, 0) is 13.6 Å². The molecule has 3 aromatic heterocycles. The predicted octanol–water partition coefficient (Wildman–Crippen LogP) is 0.617. The molecule has 23 heavy (non-hydrogen) atoms. The second-order valence-corrected chi connectivity index (χ2v) is 5.38. The van der Waals surface area contributed by atoms with Crippen molar-refractivity contribution < 1.29 is 10.2 Å². The van der Waals surface area contributed by atoms with Crippen LogP contribution >= 0.6 is 0 Å². The van der Waals surface area contributed by atoms with Gasteiger partial charge in [0.2, 0.25) is 0 Å². The Bertz CT molecular complexity index is 810. The van der Waals surface area contributed by atoms with Crippen LogP contribution in [0.5, 0.6) is 0 Å². The molecule has 0 aliphatic carbocycles. The highest BCUT2D eigenvalue weighted by Crippen LogP contribution is 2.28. The van der Waals surface area contributed by atoms with Gasteiger partial charge < -0.3 is 15.5 Å². The summed E-state index contributed by atoms with van der Waals surface area (Å²) in [4.78, 5) is 4.40. The minimum atomic E-state index is -0.826. The molecule has 0 unspecified atom stereocenters. The van der Waals surface area contributed by atoms with E-state index in [4.69, 9.17) is 5.11 Å². The first kappa shape index (κ1) is 15.4. The minimum absolute atomic E-state index is 0.240. The quantitative estimate of drug-likeness (QED) is 0.616. The summed E-state index contributed by atoms with van der Waals surface area (Å²) in [5, 5.41) is 31.3. The van der Waals surface area contributed by atoms with Gasteiger partial charge in [-0.15, -0.1) is 0 Å². The summed E-state index contributed by atoms with van der Waals surface area (Å²) in [6.07, 6.45) is 4.48. The van der Waals surface area contributed by atoms with Crippen molar-refractivity contribution in [1.82, 2.24) is 24.5 Å². The first-order valence-corrected chi connectivity index (χ1v) is 7.50. The number of hydrogen-bond acceptors (Lipinski definition) is 6. The Hall–Kier alpha value is -2.45. The van der Waals surface area contributed by atoms with E-state index in [-0.39, 0.29) is 13.2 Å². The molecule has 3 aromatic rings. The van der Waals surface area contributed by atoms with Gasteiger partial charge in [-0.1, -0.05) is 0 Å². The average Bonchev–Trinajstić information content (AvgIpc) is 3.12. The second-order valence-electron chi connectivity index (χ2n) is 5.38. The minimum Gasteiger partial charge on any atom is -0.394 e. The first-order chi connectivity index (χ1) is 11.1. The zero-order valence-electron chi connectivity index (χ0n) is 13.1. The zero-order chi connectivity index (χ0) is 16.4. The Morgan fingerprint density at radius 1 is 1.35 bits per heavy atom. The molecule has 122 valence electrons. The summed E-state index contributed by atoms with van der Waals surface area (Å²) >= 11 is 0.